The highest BCUT2D eigenvalue weighted by Crippen LogP contribution is 2.37. The molecule has 2 aliphatic heterocycles. The second-order valence-electron chi connectivity index (χ2n) is 7.05. The highest BCUT2D eigenvalue weighted by atomic mass is 16.6. The lowest BCUT2D eigenvalue weighted by molar-refractivity contribution is 0.0888. The highest BCUT2D eigenvalue weighted by molar-refractivity contribution is 5.97. The van der Waals surface area contributed by atoms with Gasteiger partial charge in [-0.05, 0) is 29.7 Å². The monoisotopic (exact) mass is 347 g/mol. The first-order chi connectivity index (χ1) is 12.8. The summed E-state index contributed by atoms with van der Waals surface area (Å²) in [6.45, 7) is 2.57. The smallest absolute Gasteiger partial charge is 0.410 e. The third-order valence-electron chi connectivity index (χ3n) is 5.48. The summed E-state index contributed by atoms with van der Waals surface area (Å²) in [4.78, 5) is 20.2. The zero-order valence-electron chi connectivity index (χ0n) is 14.5. The Kier molecular flexibility index (Phi) is 3.59. The van der Waals surface area contributed by atoms with E-state index in [0.29, 0.717) is 25.7 Å². The summed E-state index contributed by atoms with van der Waals surface area (Å²) in [7, 11) is 0. The minimum atomic E-state index is -0.216. The van der Waals surface area contributed by atoms with Gasteiger partial charge in [0, 0.05) is 42.4 Å². The predicted molar refractivity (Wildman–Crippen MR) is 101 cm³/mol. The number of benzene rings is 2. The van der Waals surface area contributed by atoms with Crippen LogP contribution in [-0.4, -0.2) is 41.7 Å². The van der Waals surface area contributed by atoms with Crippen molar-refractivity contribution in [2.75, 3.05) is 24.5 Å². The number of amides is 1. The topological polar surface area (TPSA) is 48.6 Å². The molecule has 3 heterocycles. The average molecular weight is 347 g/mol. The number of H-pyrrole nitrogens is 1. The van der Waals surface area contributed by atoms with E-state index in [1.54, 1.807) is 0 Å². The van der Waals surface area contributed by atoms with Crippen molar-refractivity contribution in [2.24, 2.45) is 0 Å². The molecule has 0 spiro atoms. The lowest BCUT2D eigenvalue weighted by atomic mass is 9.94. The number of carbonyl (C=O) groups excluding carboxylic acids is 1. The van der Waals surface area contributed by atoms with E-state index in [4.69, 9.17) is 4.74 Å². The Bertz CT molecular complexity index is 950. The van der Waals surface area contributed by atoms with Crippen molar-refractivity contribution < 1.29 is 9.53 Å². The molecule has 26 heavy (non-hydrogen) atoms. The molecule has 0 saturated carbocycles. The molecule has 1 N–H and O–H groups in total. The van der Waals surface area contributed by atoms with Crippen LogP contribution in [0, 0.1) is 0 Å². The van der Waals surface area contributed by atoms with Crippen LogP contribution in [0.4, 0.5) is 10.5 Å². The maximum absolute atomic E-state index is 12.5. The Morgan fingerprint density at radius 1 is 1.12 bits per heavy atom. The first-order valence-corrected chi connectivity index (χ1v) is 9.11. The van der Waals surface area contributed by atoms with Gasteiger partial charge in [0.05, 0.1) is 6.04 Å². The molecule has 1 fully saturated rings. The molecule has 0 aliphatic carbocycles. The average Bonchev–Trinajstić information content (AvgIpc) is 3.11. The summed E-state index contributed by atoms with van der Waals surface area (Å²) in [5, 5.41) is 1.34. The van der Waals surface area contributed by atoms with Gasteiger partial charge in [-0.3, -0.25) is 0 Å². The molecule has 5 rings (SSSR count). The fraction of sp³-hybridized carbons (Fsp3) is 0.286. The summed E-state index contributed by atoms with van der Waals surface area (Å²) in [5.74, 6) is 0. The largest absolute Gasteiger partial charge is 0.445 e. The van der Waals surface area contributed by atoms with E-state index in [1.165, 1.54) is 22.2 Å². The Morgan fingerprint density at radius 2 is 2.00 bits per heavy atom. The minimum absolute atomic E-state index is 0.216. The number of carbonyl (C=O) groups is 1. The van der Waals surface area contributed by atoms with Crippen LogP contribution in [0.2, 0.25) is 0 Å². The van der Waals surface area contributed by atoms with Gasteiger partial charge in [-0.15, -0.1) is 0 Å². The summed E-state index contributed by atoms with van der Waals surface area (Å²) in [6, 6.07) is 16.5. The van der Waals surface area contributed by atoms with Crippen LogP contribution in [0.3, 0.4) is 0 Å². The van der Waals surface area contributed by atoms with Crippen molar-refractivity contribution in [3.63, 3.8) is 0 Å². The molecule has 2 aromatic carbocycles. The number of hydrogen-bond acceptors (Lipinski definition) is 3. The zero-order valence-corrected chi connectivity index (χ0v) is 14.5. The number of anilines is 1. The van der Waals surface area contributed by atoms with Crippen molar-refractivity contribution in [2.45, 2.75) is 19.1 Å². The summed E-state index contributed by atoms with van der Waals surface area (Å²) in [5.41, 5.74) is 4.84. The Labute approximate surface area is 152 Å². The van der Waals surface area contributed by atoms with Crippen LogP contribution in [-0.2, 0) is 17.8 Å². The van der Waals surface area contributed by atoms with Crippen LogP contribution >= 0.6 is 0 Å². The van der Waals surface area contributed by atoms with Crippen LogP contribution in [0.1, 0.15) is 11.1 Å². The fourth-order valence-corrected chi connectivity index (χ4v) is 4.21. The zero-order chi connectivity index (χ0) is 17.5. The number of aromatic nitrogens is 1. The van der Waals surface area contributed by atoms with Crippen LogP contribution in [0.5, 0.6) is 0 Å². The quantitative estimate of drug-likeness (QED) is 0.771. The van der Waals surface area contributed by atoms with Gasteiger partial charge >= 0.3 is 6.09 Å². The number of aromatic amines is 1. The Hall–Kier alpha value is -2.95. The molecule has 1 atom stereocenters. The number of piperazine rings is 1. The van der Waals surface area contributed by atoms with Gasteiger partial charge in [-0.25, -0.2) is 4.79 Å². The van der Waals surface area contributed by atoms with Crippen molar-refractivity contribution in [1.29, 1.82) is 0 Å². The molecular weight excluding hydrogens is 326 g/mol. The summed E-state index contributed by atoms with van der Waals surface area (Å²) >= 11 is 0. The molecule has 3 aromatic rings. The number of nitrogens with one attached hydrogen (secondary N) is 1. The molecule has 5 nitrogen and oxygen atoms in total. The lowest BCUT2D eigenvalue weighted by Gasteiger charge is -2.44. The molecule has 1 aromatic heterocycles. The van der Waals surface area contributed by atoms with E-state index >= 15 is 0 Å². The molecule has 0 radical (unpaired) electrons. The molecule has 1 amide bonds. The molecule has 0 bridgehead atoms. The Morgan fingerprint density at radius 3 is 2.88 bits per heavy atom. The second-order valence-corrected chi connectivity index (χ2v) is 7.05. The van der Waals surface area contributed by atoms with Crippen molar-refractivity contribution in [1.82, 2.24) is 9.88 Å². The molecule has 0 unspecified atom stereocenters. The number of fused-ring (bicyclic) bond motifs is 2. The number of ether oxygens (including phenoxy) is 1. The maximum atomic E-state index is 12.5. The standard InChI is InChI=1S/C21H21N3O2/c25-21(26-14-15-5-2-1-3-6-15)23-9-10-24-17(13-23)11-16-12-22-18-7-4-8-19(24)20(16)18/h1-8,12,17,22H,9-11,13-14H2/t17-/m1/s1. The molecule has 5 heteroatoms. The van der Waals surface area contributed by atoms with Gasteiger partial charge in [0.1, 0.15) is 6.61 Å². The van der Waals surface area contributed by atoms with E-state index in [1.807, 2.05) is 35.2 Å². The van der Waals surface area contributed by atoms with Crippen LogP contribution in [0.25, 0.3) is 10.9 Å². The first-order valence-electron chi connectivity index (χ1n) is 9.11. The third-order valence-corrected chi connectivity index (χ3v) is 5.48. The third kappa shape index (κ3) is 2.51. The summed E-state index contributed by atoms with van der Waals surface area (Å²) in [6.07, 6.45) is 2.85. The molecular formula is C21H21N3O2. The van der Waals surface area contributed by atoms with Gasteiger partial charge in [-0.2, -0.15) is 0 Å². The number of nitrogens with zero attached hydrogens (tertiary/aromatic N) is 2. The number of hydrogen-bond donors (Lipinski definition) is 1. The second kappa shape index (κ2) is 6.09. The normalized spacial score (nSPS) is 18.7. The van der Waals surface area contributed by atoms with E-state index in [9.17, 15) is 4.79 Å². The summed E-state index contributed by atoms with van der Waals surface area (Å²) < 4.78 is 5.52. The van der Waals surface area contributed by atoms with Gasteiger partial charge in [0.25, 0.3) is 0 Å². The molecule has 1 saturated heterocycles. The van der Waals surface area contributed by atoms with Gasteiger partial charge in [0.2, 0.25) is 0 Å². The molecule has 2 aliphatic rings. The SMILES string of the molecule is O=C(OCc1ccccc1)N1CCN2c3cccc4[nH]cc(c34)C[C@@H]2C1. The van der Waals surface area contributed by atoms with Crippen molar-refractivity contribution >= 4 is 22.7 Å². The molecule has 132 valence electrons. The van der Waals surface area contributed by atoms with Crippen molar-refractivity contribution in [3.05, 3.63) is 65.9 Å². The lowest BCUT2D eigenvalue weighted by Crippen LogP contribution is -2.56. The van der Waals surface area contributed by atoms with E-state index in [0.717, 1.165) is 18.5 Å². The van der Waals surface area contributed by atoms with Gasteiger partial charge in [0.15, 0.2) is 0 Å². The highest BCUT2D eigenvalue weighted by Gasteiger charge is 2.35. The number of rotatable bonds is 2. The van der Waals surface area contributed by atoms with E-state index in [-0.39, 0.29) is 6.09 Å². The van der Waals surface area contributed by atoms with Crippen molar-refractivity contribution in [3.8, 4) is 0 Å². The fourth-order valence-electron chi connectivity index (χ4n) is 4.21. The predicted octanol–water partition coefficient (Wildman–Crippen LogP) is 3.55. The Balaban J connectivity index is 1.30. The van der Waals surface area contributed by atoms with Crippen LogP contribution in [0.15, 0.2) is 54.7 Å². The first kappa shape index (κ1) is 15.3. The van der Waals surface area contributed by atoms with Gasteiger partial charge in [-0.1, -0.05) is 36.4 Å². The maximum Gasteiger partial charge on any atom is 0.410 e. The van der Waals surface area contributed by atoms with E-state index in [2.05, 4.69) is 34.3 Å². The minimum Gasteiger partial charge on any atom is -0.445 e. The van der Waals surface area contributed by atoms with Gasteiger partial charge < -0.3 is 19.5 Å². The van der Waals surface area contributed by atoms with Crippen LogP contribution < -0.4 is 4.90 Å². The van der Waals surface area contributed by atoms with E-state index < -0.39 is 0 Å².